The molecule has 1 atom stereocenters. The molecule has 2 aromatic rings. The predicted octanol–water partition coefficient (Wildman–Crippen LogP) is 3.53. The summed E-state index contributed by atoms with van der Waals surface area (Å²) in [4.78, 5) is 35.4. The van der Waals surface area contributed by atoms with Crippen LogP contribution in [0.15, 0.2) is 48.5 Å². The average Bonchev–Trinajstić information content (AvgIpc) is 3.07. The Labute approximate surface area is 189 Å². The highest BCUT2D eigenvalue weighted by Gasteiger charge is 2.38. The summed E-state index contributed by atoms with van der Waals surface area (Å²) >= 11 is 0. The van der Waals surface area contributed by atoms with Crippen molar-refractivity contribution >= 4 is 18.0 Å². The van der Waals surface area contributed by atoms with Crippen LogP contribution in [-0.2, 0) is 14.3 Å². The molecule has 2 aliphatic rings. The number of rotatable bonds is 8. The summed E-state index contributed by atoms with van der Waals surface area (Å²) in [6.45, 7) is 0.171. The minimum atomic E-state index is -2.84. The molecule has 0 bridgehead atoms. The van der Waals surface area contributed by atoms with Crippen LogP contribution in [0.4, 0.5) is 13.6 Å². The Morgan fingerprint density at radius 2 is 1.58 bits per heavy atom. The number of benzene rings is 2. The molecule has 0 aliphatic heterocycles. The average molecular weight is 458 g/mol. The van der Waals surface area contributed by atoms with Crippen LogP contribution in [0.1, 0.15) is 36.3 Å². The molecular weight excluding hydrogens is 434 g/mol. The molecule has 9 heteroatoms. The lowest BCUT2D eigenvalue weighted by Gasteiger charge is -2.35. The van der Waals surface area contributed by atoms with Crippen molar-refractivity contribution in [2.24, 2.45) is 5.92 Å². The van der Waals surface area contributed by atoms with Gasteiger partial charge in [-0.25, -0.2) is 18.4 Å². The highest BCUT2D eigenvalue weighted by Crippen LogP contribution is 2.44. The van der Waals surface area contributed by atoms with Crippen LogP contribution in [0.5, 0.6) is 0 Å². The fourth-order valence-electron chi connectivity index (χ4n) is 4.45. The van der Waals surface area contributed by atoms with E-state index in [2.05, 4.69) is 10.6 Å². The molecule has 0 spiro atoms. The number of amides is 2. The number of carboxylic acids is 1. The summed E-state index contributed by atoms with van der Waals surface area (Å²) in [5, 5.41) is 13.8. The molecule has 7 nitrogen and oxygen atoms in total. The van der Waals surface area contributed by atoms with Crippen LogP contribution in [0, 0.1) is 5.92 Å². The second-order valence-electron chi connectivity index (χ2n) is 8.36. The third kappa shape index (κ3) is 4.97. The van der Waals surface area contributed by atoms with Gasteiger partial charge in [0.05, 0.1) is 0 Å². The fourth-order valence-corrected chi connectivity index (χ4v) is 4.45. The number of fused-ring (bicyclic) bond motifs is 3. The maximum absolute atomic E-state index is 12.5. The van der Waals surface area contributed by atoms with E-state index in [1.54, 1.807) is 0 Å². The van der Waals surface area contributed by atoms with Crippen molar-refractivity contribution in [2.45, 2.75) is 43.7 Å². The lowest BCUT2D eigenvalue weighted by Crippen LogP contribution is -2.52. The topological polar surface area (TPSA) is 105 Å². The first-order chi connectivity index (χ1) is 15.8. The first-order valence-corrected chi connectivity index (χ1v) is 10.8. The summed E-state index contributed by atoms with van der Waals surface area (Å²) in [6.07, 6.45) is -3.80. The molecule has 2 aliphatic carbocycles. The van der Waals surface area contributed by atoms with Crippen LogP contribution in [0.3, 0.4) is 0 Å². The van der Waals surface area contributed by atoms with E-state index < -0.39 is 42.8 Å². The summed E-state index contributed by atoms with van der Waals surface area (Å²) in [5.74, 6) is -2.71. The number of carboxylic acid groups (broad SMARTS) is 1. The number of halogens is 2. The van der Waals surface area contributed by atoms with Crippen molar-refractivity contribution in [3.05, 3.63) is 59.7 Å². The van der Waals surface area contributed by atoms with E-state index in [4.69, 9.17) is 9.84 Å². The third-order valence-corrected chi connectivity index (χ3v) is 6.20. The minimum absolute atomic E-state index is 0.0640. The normalized spacial score (nSPS) is 19.7. The number of hydrogen-bond acceptors (Lipinski definition) is 4. The lowest BCUT2D eigenvalue weighted by molar-refractivity contribution is -0.144. The van der Waals surface area contributed by atoms with Crippen molar-refractivity contribution in [3.8, 4) is 11.1 Å². The summed E-state index contributed by atoms with van der Waals surface area (Å²) < 4.78 is 30.4. The van der Waals surface area contributed by atoms with Crippen molar-refractivity contribution in [2.75, 3.05) is 6.61 Å². The van der Waals surface area contributed by atoms with E-state index in [0.29, 0.717) is 0 Å². The molecule has 0 heterocycles. The lowest BCUT2D eigenvalue weighted by atomic mass is 9.79. The summed E-state index contributed by atoms with van der Waals surface area (Å²) in [7, 11) is 0. The number of hydrogen-bond donors (Lipinski definition) is 3. The number of nitrogens with one attached hydrogen (secondary N) is 2. The first-order valence-electron chi connectivity index (χ1n) is 10.8. The second kappa shape index (κ2) is 9.56. The van der Waals surface area contributed by atoms with Gasteiger partial charge in [0.25, 0.3) is 0 Å². The van der Waals surface area contributed by atoms with E-state index in [1.807, 2.05) is 48.5 Å². The minimum Gasteiger partial charge on any atom is -0.480 e. The largest absolute Gasteiger partial charge is 0.480 e. The van der Waals surface area contributed by atoms with Gasteiger partial charge in [-0.3, -0.25) is 4.79 Å². The number of aliphatic carboxylic acids is 1. The van der Waals surface area contributed by atoms with E-state index in [0.717, 1.165) is 22.3 Å². The van der Waals surface area contributed by atoms with Gasteiger partial charge < -0.3 is 20.5 Å². The van der Waals surface area contributed by atoms with Crippen LogP contribution in [-0.4, -0.2) is 48.2 Å². The number of carbonyl (C=O) groups is 3. The van der Waals surface area contributed by atoms with Crippen molar-refractivity contribution < 1.29 is 33.0 Å². The van der Waals surface area contributed by atoms with Crippen LogP contribution < -0.4 is 10.6 Å². The standard InChI is InChI=1S/C24H24F2N2O5/c25-21(26)11-20(23(30)31)28-22(29)13-9-14(10-13)27-24(32)33-12-19-17-7-3-1-5-15(17)16-6-2-4-8-18(16)19/h1-8,13-14,19-21H,9-12H2,(H,27,32)(H,28,29)(H,30,31). The molecule has 4 rings (SSSR count). The zero-order valence-electron chi connectivity index (χ0n) is 17.7. The zero-order chi connectivity index (χ0) is 23.5. The van der Waals surface area contributed by atoms with Crippen LogP contribution in [0.25, 0.3) is 11.1 Å². The van der Waals surface area contributed by atoms with Gasteiger partial charge in [-0.05, 0) is 35.1 Å². The molecule has 0 saturated heterocycles. The number of alkyl halides is 2. The van der Waals surface area contributed by atoms with E-state index in [1.165, 1.54) is 0 Å². The van der Waals surface area contributed by atoms with Gasteiger partial charge in [-0.1, -0.05) is 48.5 Å². The van der Waals surface area contributed by atoms with Gasteiger partial charge in [-0.15, -0.1) is 0 Å². The van der Waals surface area contributed by atoms with E-state index >= 15 is 0 Å². The maximum atomic E-state index is 12.5. The Bertz CT molecular complexity index is 1010. The molecule has 0 aromatic heterocycles. The molecular formula is C24H24F2N2O5. The Balaban J connectivity index is 1.25. The Kier molecular flexibility index (Phi) is 6.57. The van der Waals surface area contributed by atoms with Crippen LogP contribution >= 0.6 is 0 Å². The molecule has 3 N–H and O–H groups in total. The Morgan fingerprint density at radius 3 is 2.12 bits per heavy atom. The van der Waals surface area contributed by atoms with Gasteiger partial charge in [0.15, 0.2) is 0 Å². The number of alkyl carbamates (subject to hydrolysis) is 1. The van der Waals surface area contributed by atoms with Crippen molar-refractivity contribution in [3.63, 3.8) is 0 Å². The smallest absolute Gasteiger partial charge is 0.407 e. The van der Waals surface area contributed by atoms with Gasteiger partial charge >= 0.3 is 12.1 Å². The SMILES string of the molecule is O=C(NC1CC(C(=O)NC(CC(F)F)C(=O)O)C1)OCC1c2ccccc2-c2ccccc21. The molecule has 1 unspecified atom stereocenters. The third-order valence-electron chi connectivity index (χ3n) is 6.20. The molecule has 0 radical (unpaired) electrons. The molecule has 2 amide bonds. The highest BCUT2D eigenvalue weighted by atomic mass is 19.3. The summed E-state index contributed by atoms with van der Waals surface area (Å²) in [5.41, 5.74) is 4.45. The predicted molar refractivity (Wildman–Crippen MR) is 115 cm³/mol. The molecule has 1 fully saturated rings. The monoisotopic (exact) mass is 458 g/mol. The molecule has 1 saturated carbocycles. The zero-order valence-corrected chi connectivity index (χ0v) is 17.7. The molecule has 33 heavy (non-hydrogen) atoms. The molecule has 174 valence electrons. The quantitative estimate of drug-likeness (QED) is 0.561. The van der Waals surface area contributed by atoms with Gasteiger partial charge in [0.2, 0.25) is 12.3 Å². The van der Waals surface area contributed by atoms with Crippen LogP contribution in [0.2, 0.25) is 0 Å². The Hall–Kier alpha value is -3.49. The van der Waals surface area contributed by atoms with E-state index in [9.17, 15) is 23.2 Å². The van der Waals surface area contributed by atoms with Gasteiger partial charge in [-0.2, -0.15) is 0 Å². The maximum Gasteiger partial charge on any atom is 0.407 e. The number of ether oxygens (including phenoxy) is 1. The summed E-state index contributed by atoms with van der Waals surface area (Å²) in [6, 6.07) is 14.1. The fraction of sp³-hybridized carbons (Fsp3) is 0.375. The van der Waals surface area contributed by atoms with E-state index in [-0.39, 0.29) is 31.4 Å². The second-order valence-corrected chi connectivity index (χ2v) is 8.36. The highest BCUT2D eigenvalue weighted by molar-refractivity contribution is 5.86. The van der Waals surface area contributed by atoms with Gasteiger partial charge in [0, 0.05) is 24.3 Å². The Morgan fingerprint density at radius 1 is 1.00 bits per heavy atom. The van der Waals surface area contributed by atoms with Crippen molar-refractivity contribution in [1.29, 1.82) is 0 Å². The first kappa shape index (κ1) is 22.7. The molecule has 2 aromatic carbocycles. The van der Waals surface area contributed by atoms with Gasteiger partial charge in [0.1, 0.15) is 12.6 Å². The number of carbonyl (C=O) groups excluding carboxylic acids is 2. The van der Waals surface area contributed by atoms with Crippen molar-refractivity contribution in [1.82, 2.24) is 10.6 Å².